The molecule has 4 nitrogen and oxygen atoms in total. The maximum Gasteiger partial charge on any atom is 0.204 e. The molecule has 5 heteroatoms. The van der Waals surface area contributed by atoms with Crippen LogP contribution in [0.3, 0.4) is 0 Å². The number of nitrogens with one attached hydrogen (secondary N) is 1. The summed E-state index contributed by atoms with van der Waals surface area (Å²) in [6, 6.07) is 14.2. The van der Waals surface area contributed by atoms with Crippen LogP contribution in [0.5, 0.6) is 0 Å². The average Bonchev–Trinajstić information content (AvgIpc) is 3.00. The highest BCUT2D eigenvalue weighted by Crippen LogP contribution is 2.32. The van der Waals surface area contributed by atoms with Crippen LogP contribution in [0.2, 0.25) is 0 Å². The Morgan fingerprint density at radius 3 is 2.71 bits per heavy atom. The lowest BCUT2D eigenvalue weighted by atomic mass is 10.1. The van der Waals surface area contributed by atoms with Crippen molar-refractivity contribution in [3.63, 3.8) is 0 Å². The summed E-state index contributed by atoms with van der Waals surface area (Å²) in [5.74, 6) is 0. The molecule has 0 bridgehead atoms. The summed E-state index contributed by atoms with van der Waals surface area (Å²) in [6.07, 6.45) is 5.57. The molecule has 1 aromatic carbocycles. The first kappa shape index (κ1) is 16.3. The molecule has 0 aliphatic rings. The predicted molar refractivity (Wildman–Crippen MR) is 102 cm³/mol. The van der Waals surface area contributed by atoms with Gasteiger partial charge in [-0.05, 0) is 25.5 Å². The molecule has 0 radical (unpaired) electrons. The highest BCUT2D eigenvalue weighted by atomic mass is 32.1. The standard InChI is InChI=1S/C19H20N4S/c1-3-6-17-18(15-10-8-14(2)9-11-15)22-19(24-17)23-21-13-16-7-4-5-12-20-16/h4-5,7-13H,3,6H2,1-2H3,(H,22,23)/b21-13-. The van der Waals surface area contributed by atoms with E-state index in [2.05, 4.69) is 53.6 Å². The third-order valence-corrected chi connectivity index (χ3v) is 4.56. The number of rotatable bonds is 6. The first-order valence-corrected chi connectivity index (χ1v) is 8.84. The number of hydrogen-bond donors (Lipinski definition) is 1. The average molecular weight is 336 g/mol. The number of aromatic nitrogens is 2. The van der Waals surface area contributed by atoms with E-state index in [9.17, 15) is 0 Å². The number of aryl methyl sites for hydroxylation is 2. The molecule has 3 aromatic rings. The normalized spacial score (nSPS) is 11.1. The van der Waals surface area contributed by atoms with Gasteiger partial charge in [0.15, 0.2) is 0 Å². The molecular formula is C19H20N4S. The van der Waals surface area contributed by atoms with Crippen molar-refractivity contribution in [2.75, 3.05) is 5.43 Å². The zero-order valence-corrected chi connectivity index (χ0v) is 14.7. The second kappa shape index (κ2) is 7.84. The second-order valence-corrected chi connectivity index (χ2v) is 6.62. The maximum absolute atomic E-state index is 4.73. The van der Waals surface area contributed by atoms with Crippen LogP contribution in [-0.2, 0) is 6.42 Å². The fraction of sp³-hybridized carbons (Fsp3) is 0.211. The number of benzene rings is 1. The lowest BCUT2D eigenvalue weighted by Crippen LogP contribution is -1.91. The topological polar surface area (TPSA) is 50.2 Å². The molecule has 24 heavy (non-hydrogen) atoms. The van der Waals surface area contributed by atoms with Crippen molar-refractivity contribution in [1.29, 1.82) is 0 Å². The number of anilines is 1. The van der Waals surface area contributed by atoms with Crippen molar-refractivity contribution in [2.45, 2.75) is 26.7 Å². The Kier molecular flexibility index (Phi) is 5.33. The Morgan fingerprint density at radius 2 is 2.00 bits per heavy atom. The largest absolute Gasteiger partial charge is 0.255 e. The quantitative estimate of drug-likeness (QED) is 0.514. The van der Waals surface area contributed by atoms with Crippen molar-refractivity contribution in [2.24, 2.45) is 5.10 Å². The minimum atomic E-state index is 0.807. The Hall–Kier alpha value is -2.53. The van der Waals surface area contributed by atoms with Gasteiger partial charge in [0.2, 0.25) is 5.13 Å². The Labute approximate surface area is 146 Å². The van der Waals surface area contributed by atoms with E-state index in [0.29, 0.717) is 0 Å². The minimum Gasteiger partial charge on any atom is -0.255 e. The molecule has 0 unspecified atom stereocenters. The third-order valence-electron chi connectivity index (χ3n) is 3.54. The number of hydrazone groups is 1. The van der Waals surface area contributed by atoms with E-state index in [4.69, 9.17) is 4.98 Å². The predicted octanol–water partition coefficient (Wildman–Crippen LogP) is 4.91. The van der Waals surface area contributed by atoms with Gasteiger partial charge in [-0.2, -0.15) is 5.10 Å². The van der Waals surface area contributed by atoms with Gasteiger partial charge in [-0.15, -0.1) is 0 Å². The molecule has 0 aliphatic carbocycles. The number of hydrogen-bond acceptors (Lipinski definition) is 5. The van der Waals surface area contributed by atoms with E-state index in [1.54, 1.807) is 23.7 Å². The molecule has 0 atom stereocenters. The Morgan fingerprint density at radius 1 is 1.17 bits per heavy atom. The van der Waals surface area contributed by atoms with E-state index < -0.39 is 0 Å². The van der Waals surface area contributed by atoms with Gasteiger partial charge >= 0.3 is 0 Å². The van der Waals surface area contributed by atoms with Crippen LogP contribution in [0.4, 0.5) is 5.13 Å². The fourth-order valence-electron chi connectivity index (χ4n) is 2.34. The molecule has 2 heterocycles. The lowest BCUT2D eigenvalue weighted by Gasteiger charge is -2.01. The van der Waals surface area contributed by atoms with Gasteiger partial charge in [0.1, 0.15) is 0 Å². The van der Waals surface area contributed by atoms with Crippen molar-refractivity contribution < 1.29 is 0 Å². The molecule has 1 N–H and O–H groups in total. The van der Waals surface area contributed by atoms with E-state index in [1.807, 2.05) is 18.2 Å². The molecule has 0 fully saturated rings. The van der Waals surface area contributed by atoms with E-state index in [1.165, 1.54) is 10.4 Å². The molecule has 0 aliphatic heterocycles. The first-order valence-electron chi connectivity index (χ1n) is 8.03. The second-order valence-electron chi connectivity index (χ2n) is 5.53. The van der Waals surface area contributed by atoms with Crippen LogP contribution in [0.25, 0.3) is 11.3 Å². The van der Waals surface area contributed by atoms with E-state index in [-0.39, 0.29) is 0 Å². The molecule has 122 valence electrons. The van der Waals surface area contributed by atoms with Crippen LogP contribution >= 0.6 is 11.3 Å². The van der Waals surface area contributed by atoms with Gasteiger partial charge in [0.25, 0.3) is 0 Å². The summed E-state index contributed by atoms with van der Waals surface area (Å²) in [5.41, 5.74) is 7.31. The summed E-state index contributed by atoms with van der Waals surface area (Å²) >= 11 is 1.66. The van der Waals surface area contributed by atoms with Crippen LogP contribution < -0.4 is 5.43 Å². The zero-order valence-electron chi connectivity index (χ0n) is 13.9. The van der Waals surface area contributed by atoms with Gasteiger partial charge in [-0.3, -0.25) is 10.4 Å². The lowest BCUT2D eigenvalue weighted by molar-refractivity contribution is 0.938. The summed E-state index contributed by atoms with van der Waals surface area (Å²) in [5, 5.41) is 5.05. The van der Waals surface area contributed by atoms with Crippen LogP contribution in [0.1, 0.15) is 29.5 Å². The first-order chi connectivity index (χ1) is 11.8. The fourth-order valence-corrected chi connectivity index (χ4v) is 3.37. The monoisotopic (exact) mass is 336 g/mol. The Balaban J connectivity index is 1.80. The molecule has 2 aromatic heterocycles. The summed E-state index contributed by atoms with van der Waals surface area (Å²) in [6.45, 7) is 4.28. The SMILES string of the molecule is CCCc1sc(N/N=C\c2ccccn2)nc1-c1ccc(C)cc1. The minimum absolute atomic E-state index is 0.807. The number of thiazole rings is 1. The number of pyridine rings is 1. The smallest absolute Gasteiger partial charge is 0.204 e. The van der Waals surface area contributed by atoms with Crippen molar-refractivity contribution >= 4 is 22.7 Å². The Bertz CT molecular complexity index is 807. The maximum atomic E-state index is 4.73. The molecule has 0 spiro atoms. The van der Waals surface area contributed by atoms with Crippen molar-refractivity contribution in [3.05, 3.63) is 64.8 Å². The highest BCUT2D eigenvalue weighted by molar-refractivity contribution is 7.16. The summed E-state index contributed by atoms with van der Waals surface area (Å²) in [4.78, 5) is 10.2. The zero-order chi connectivity index (χ0) is 16.8. The van der Waals surface area contributed by atoms with E-state index >= 15 is 0 Å². The number of nitrogens with zero attached hydrogens (tertiary/aromatic N) is 3. The highest BCUT2D eigenvalue weighted by Gasteiger charge is 2.12. The summed E-state index contributed by atoms with van der Waals surface area (Å²) < 4.78 is 0. The third kappa shape index (κ3) is 4.06. The van der Waals surface area contributed by atoms with Crippen molar-refractivity contribution in [1.82, 2.24) is 9.97 Å². The van der Waals surface area contributed by atoms with Gasteiger partial charge in [0, 0.05) is 16.6 Å². The molecule has 0 saturated heterocycles. The molecule has 3 rings (SSSR count). The molecule has 0 amide bonds. The summed E-state index contributed by atoms with van der Waals surface area (Å²) in [7, 11) is 0. The van der Waals surface area contributed by atoms with Gasteiger partial charge in [-0.1, -0.05) is 60.6 Å². The van der Waals surface area contributed by atoms with Crippen LogP contribution in [0.15, 0.2) is 53.8 Å². The van der Waals surface area contributed by atoms with E-state index in [0.717, 1.165) is 34.9 Å². The van der Waals surface area contributed by atoms with Gasteiger partial charge in [-0.25, -0.2) is 4.98 Å². The van der Waals surface area contributed by atoms with Crippen molar-refractivity contribution in [3.8, 4) is 11.3 Å². The molecular weight excluding hydrogens is 316 g/mol. The van der Waals surface area contributed by atoms with Gasteiger partial charge in [0.05, 0.1) is 17.6 Å². The van der Waals surface area contributed by atoms with Gasteiger partial charge < -0.3 is 0 Å². The molecule has 0 saturated carbocycles. The van der Waals surface area contributed by atoms with Crippen LogP contribution in [-0.4, -0.2) is 16.2 Å². The van der Waals surface area contributed by atoms with Crippen LogP contribution in [0, 0.1) is 6.92 Å².